The molecule has 0 fully saturated rings. The van der Waals surface area contributed by atoms with Gasteiger partial charge in [0.15, 0.2) is 0 Å². The summed E-state index contributed by atoms with van der Waals surface area (Å²) in [4.78, 5) is 0. The van der Waals surface area contributed by atoms with Crippen molar-refractivity contribution in [3.05, 3.63) is 11.4 Å². The molecule has 0 bridgehead atoms. The summed E-state index contributed by atoms with van der Waals surface area (Å²) < 4.78 is 0. The maximum Gasteiger partial charge on any atom is -0.0437 e. The molecule has 1 unspecified atom stereocenters. The maximum atomic E-state index is 2.24. The molecule has 0 aromatic carbocycles. The Bertz CT molecular complexity index is 51.0. The third-order valence-corrected chi connectivity index (χ3v) is 1.30. The summed E-state index contributed by atoms with van der Waals surface area (Å²) in [5.74, 6) is 2.24. The highest BCUT2D eigenvalue weighted by molar-refractivity contribution is 7.40. The summed E-state index contributed by atoms with van der Waals surface area (Å²) in [5, 5.41) is 0. The summed E-state index contributed by atoms with van der Waals surface area (Å²) >= 11 is 0. The molecule has 36 valence electrons. The first-order valence-electron chi connectivity index (χ1n) is 2.08. The predicted octanol–water partition coefficient (Wildman–Crippen LogP) is 2.22. The van der Waals surface area contributed by atoms with Crippen molar-refractivity contribution >= 4 is 8.58 Å². The molecule has 0 saturated heterocycles. The van der Waals surface area contributed by atoms with Gasteiger partial charge in [-0.05, 0) is 20.5 Å². The Morgan fingerprint density at radius 3 is 2.00 bits per heavy atom. The van der Waals surface area contributed by atoms with E-state index in [0.29, 0.717) is 0 Å². The van der Waals surface area contributed by atoms with Gasteiger partial charge in [-0.25, -0.2) is 0 Å². The molecule has 0 amide bonds. The molecule has 0 heterocycles. The van der Waals surface area contributed by atoms with Crippen molar-refractivity contribution in [1.82, 2.24) is 0 Å². The second kappa shape index (κ2) is 3.36. The number of rotatable bonds is 1. The van der Waals surface area contributed by atoms with Crippen LogP contribution in [0.15, 0.2) is 11.4 Å². The third kappa shape index (κ3) is 4.17. The van der Waals surface area contributed by atoms with Crippen LogP contribution in [0.25, 0.3) is 0 Å². The lowest BCUT2D eigenvalue weighted by Gasteiger charge is -1.80. The van der Waals surface area contributed by atoms with E-state index in [1.165, 1.54) is 5.57 Å². The zero-order valence-corrected chi connectivity index (χ0v) is 5.58. The standard InChI is InChI=1S/C5H11P/c1-5(2)4-6-3/h4,6H,1-3H3. The van der Waals surface area contributed by atoms with Crippen LogP contribution >= 0.6 is 8.58 Å². The van der Waals surface area contributed by atoms with Gasteiger partial charge in [0.25, 0.3) is 0 Å². The van der Waals surface area contributed by atoms with Crippen LogP contribution in [0.5, 0.6) is 0 Å². The zero-order chi connectivity index (χ0) is 4.99. The highest BCUT2D eigenvalue weighted by Gasteiger charge is 1.67. The molecular weight excluding hydrogens is 91.0 g/mol. The SMILES string of the molecule is CPC=C(C)C. The summed E-state index contributed by atoms with van der Waals surface area (Å²) in [7, 11) is 0.976. The van der Waals surface area contributed by atoms with Crippen LogP contribution in [0, 0.1) is 0 Å². The van der Waals surface area contributed by atoms with Gasteiger partial charge >= 0.3 is 0 Å². The Kier molecular flexibility index (Phi) is 3.46. The zero-order valence-electron chi connectivity index (χ0n) is 4.58. The Hall–Kier alpha value is 0.170. The minimum atomic E-state index is 0.976. The van der Waals surface area contributed by atoms with E-state index in [-0.39, 0.29) is 0 Å². The van der Waals surface area contributed by atoms with Crippen molar-refractivity contribution in [3.63, 3.8) is 0 Å². The minimum absolute atomic E-state index is 0.976. The topological polar surface area (TPSA) is 0 Å². The molecule has 0 saturated carbocycles. The maximum absolute atomic E-state index is 2.24. The molecule has 6 heavy (non-hydrogen) atoms. The third-order valence-electron chi connectivity index (χ3n) is 0.433. The van der Waals surface area contributed by atoms with Crippen LogP contribution in [-0.2, 0) is 0 Å². The molecule has 0 aliphatic carbocycles. The smallest absolute Gasteiger partial charge is 0.0437 e. The van der Waals surface area contributed by atoms with Crippen molar-refractivity contribution in [2.75, 3.05) is 6.66 Å². The molecular formula is C5H11P. The Morgan fingerprint density at radius 2 is 2.00 bits per heavy atom. The van der Waals surface area contributed by atoms with Gasteiger partial charge in [-0.2, -0.15) is 0 Å². The molecule has 0 radical (unpaired) electrons. The summed E-state index contributed by atoms with van der Waals surface area (Å²) in [6, 6.07) is 0. The van der Waals surface area contributed by atoms with Gasteiger partial charge in [0, 0.05) is 0 Å². The Labute approximate surface area is 41.4 Å². The Balaban J connectivity index is 3.14. The second-order valence-electron chi connectivity index (χ2n) is 1.51. The minimum Gasteiger partial charge on any atom is -0.102 e. The summed E-state index contributed by atoms with van der Waals surface area (Å²) in [6.45, 7) is 6.42. The van der Waals surface area contributed by atoms with Crippen LogP contribution in [-0.4, -0.2) is 6.66 Å². The van der Waals surface area contributed by atoms with Gasteiger partial charge in [-0.15, -0.1) is 8.58 Å². The van der Waals surface area contributed by atoms with Crippen molar-refractivity contribution in [2.45, 2.75) is 13.8 Å². The van der Waals surface area contributed by atoms with E-state index in [2.05, 4.69) is 26.3 Å². The van der Waals surface area contributed by atoms with E-state index >= 15 is 0 Å². The van der Waals surface area contributed by atoms with Gasteiger partial charge in [-0.1, -0.05) is 11.4 Å². The first-order chi connectivity index (χ1) is 2.77. The molecule has 1 atom stereocenters. The molecule has 0 aliphatic rings. The fraction of sp³-hybridized carbons (Fsp3) is 0.600. The van der Waals surface area contributed by atoms with E-state index in [0.717, 1.165) is 8.58 Å². The first-order valence-corrected chi connectivity index (χ1v) is 3.65. The predicted molar refractivity (Wildman–Crippen MR) is 33.7 cm³/mol. The van der Waals surface area contributed by atoms with Crippen LogP contribution in [0.3, 0.4) is 0 Å². The van der Waals surface area contributed by atoms with Gasteiger partial charge in [0.05, 0.1) is 0 Å². The Morgan fingerprint density at radius 1 is 1.50 bits per heavy atom. The van der Waals surface area contributed by atoms with E-state index in [1.54, 1.807) is 0 Å². The number of hydrogen-bond acceptors (Lipinski definition) is 0. The van der Waals surface area contributed by atoms with Crippen molar-refractivity contribution in [1.29, 1.82) is 0 Å². The summed E-state index contributed by atoms with van der Waals surface area (Å²) in [6.07, 6.45) is 0. The average molecular weight is 102 g/mol. The highest BCUT2D eigenvalue weighted by atomic mass is 31.1. The monoisotopic (exact) mass is 102 g/mol. The van der Waals surface area contributed by atoms with Crippen molar-refractivity contribution < 1.29 is 0 Å². The molecule has 0 N–H and O–H groups in total. The van der Waals surface area contributed by atoms with Gasteiger partial charge in [0.2, 0.25) is 0 Å². The number of hydrogen-bond donors (Lipinski definition) is 0. The molecule has 1 heteroatoms. The van der Waals surface area contributed by atoms with E-state index in [9.17, 15) is 0 Å². The van der Waals surface area contributed by atoms with Gasteiger partial charge in [0.1, 0.15) is 0 Å². The van der Waals surface area contributed by atoms with Crippen molar-refractivity contribution in [2.24, 2.45) is 0 Å². The molecule has 0 nitrogen and oxygen atoms in total. The largest absolute Gasteiger partial charge is 0.102 e. The normalized spacial score (nSPS) is 9.83. The molecule has 0 aromatic rings. The lowest BCUT2D eigenvalue weighted by atomic mass is 10.4. The number of allylic oxidation sites excluding steroid dienone is 1. The van der Waals surface area contributed by atoms with Crippen LogP contribution in [0.1, 0.15) is 13.8 Å². The first kappa shape index (κ1) is 6.17. The molecule has 0 aromatic heterocycles. The van der Waals surface area contributed by atoms with E-state index < -0.39 is 0 Å². The quantitative estimate of drug-likeness (QED) is 0.445. The summed E-state index contributed by atoms with van der Waals surface area (Å²) in [5.41, 5.74) is 1.43. The van der Waals surface area contributed by atoms with Crippen LogP contribution in [0.4, 0.5) is 0 Å². The van der Waals surface area contributed by atoms with Gasteiger partial charge in [-0.3, -0.25) is 0 Å². The second-order valence-corrected chi connectivity index (χ2v) is 2.38. The van der Waals surface area contributed by atoms with Crippen LogP contribution < -0.4 is 0 Å². The molecule has 0 rings (SSSR count). The lowest BCUT2D eigenvalue weighted by Crippen LogP contribution is -1.52. The fourth-order valence-electron chi connectivity index (χ4n) is 0.289. The van der Waals surface area contributed by atoms with E-state index in [4.69, 9.17) is 0 Å². The molecule has 0 spiro atoms. The van der Waals surface area contributed by atoms with Crippen LogP contribution in [0.2, 0.25) is 0 Å². The average Bonchev–Trinajstić information content (AvgIpc) is 1.35. The van der Waals surface area contributed by atoms with Gasteiger partial charge < -0.3 is 0 Å². The van der Waals surface area contributed by atoms with Crippen molar-refractivity contribution in [3.8, 4) is 0 Å². The van der Waals surface area contributed by atoms with E-state index in [1.807, 2.05) is 0 Å². The fourth-order valence-corrected chi connectivity index (χ4v) is 0.866. The highest BCUT2D eigenvalue weighted by Crippen LogP contribution is 2.06. The molecule has 0 aliphatic heterocycles. The lowest BCUT2D eigenvalue weighted by molar-refractivity contribution is 1.41.